The molecule has 118 valence electrons. The number of hydrogen-bond donors (Lipinski definition) is 1. The number of carboxylic acid groups (broad SMARTS) is 1. The smallest absolute Gasteiger partial charge is 0.323 e. The van der Waals surface area contributed by atoms with Crippen molar-refractivity contribution < 1.29 is 9.90 Å². The monoisotopic (exact) mass is 300 g/mol. The van der Waals surface area contributed by atoms with Crippen LogP contribution in [0.5, 0.6) is 0 Å². The van der Waals surface area contributed by atoms with Crippen LogP contribution in [-0.2, 0) is 17.8 Å². The minimum Gasteiger partial charge on any atom is -0.480 e. The lowest BCUT2D eigenvalue weighted by Gasteiger charge is -2.13. The number of benzene rings is 1. The molecule has 0 amide bonds. The van der Waals surface area contributed by atoms with E-state index in [9.17, 15) is 4.79 Å². The predicted octanol–water partition coefficient (Wildman–Crippen LogP) is 2.98. The van der Waals surface area contributed by atoms with Crippen molar-refractivity contribution in [3.05, 3.63) is 35.0 Å². The number of aromatic nitrogens is 1. The van der Waals surface area contributed by atoms with Crippen LogP contribution in [0.15, 0.2) is 18.3 Å². The predicted molar refractivity (Wildman–Crippen MR) is 88.4 cm³/mol. The zero-order chi connectivity index (χ0) is 15.7. The number of fused-ring (bicyclic) bond motifs is 1. The molecule has 0 bridgehead atoms. The van der Waals surface area contributed by atoms with Gasteiger partial charge in [0.15, 0.2) is 0 Å². The van der Waals surface area contributed by atoms with E-state index in [1.165, 1.54) is 42.4 Å². The Hall–Kier alpha value is -1.81. The van der Waals surface area contributed by atoms with E-state index in [1.807, 2.05) is 10.8 Å². The van der Waals surface area contributed by atoms with Crippen molar-refractivity contribution in [3.8, 4) is 0 Å². The van der Waals surface area contributed by atoms with E-state index in [1.54, 1.807) is 0 Å². The van der Waals surface area contributed by atoms with Crippen LogP contribution in [0, 0.1) is 13.8 Å². The highest BCUT2D eigenvalue weighted by Crippen LogP contribution is 2.27. The molecule has 4 nitrogen and oxygen atoms in total. The Bertz CT molecular complexity index is 697. The molecule has 0 saturated carbocycles. The highest BCUT2D eigenvalue weighted by molar-refractivity contribution is 5.88. The second-order valence-electron chi connectivity index (χ2n) is 6.45. The van der Waals surface area contributed by atoms with Crippen molar-refractivity contribution in [2.24, 2.45) is 0 Å². The lowest BCUT2D eigenvalue weighted by molar-refractivity contribution is -0.137. The molecule has 1 N–H and O–H groups in total. The second kappa shape index (κ2) is 6.13. The molecule has 22 heavy (non-hydrogen) atoms. The van der Waals surface area contributed by atoms with E-state index in [0.29, 0.717) is 0 Å². The third-order valence-electron chi connectivity index (χ3n) is 4.59. The van der Waals surface area contributed by atoms with Crippen LogP contribution in [0.25, 0.3) is 10.9 Å². The summed E-state index contributed by atoms with van der Waals surface area (Å²) in [4.78, 5) is 13.6. The van der Waals surface area contributed by atoms with Gasteiger partial charge in [0, 0.05) is 18.1 Å². The number of nitrogens with zero attached hydrogens (tertiary/aromatic N) is 2. The van der Waals surface area contributed by atoms with Gasteiger partial charge in [-0.2, -0.15) is 0 Å². The largest absolute Gasteiger partial charge is 0.480 e. The molecule has 2 heterocycles. The van der Waals surface area contributed by atoms with Gasteiger partial charge in [0.2, 0.25) is 0 Å². The Labute approximate surface area is 131 Å². The van der Waals surface area contributed by atoms with Gasteiger partial charge in [0.1, 0.15) is 6.54 Å². The minimum absolute atomic E-state index is 0.0319. The highest BCUT2D eigenvalue weighted by atomic mass is 16.4. The summed E-state index contributed by atoms with van der Waals surface area (Å²) >= 11 is 0. The molecule has 1 saturated heterocycles. The van der Waals surface area contributed by atoms with E-state index in [-0.39, 0.29) is 6.54 Å². The second-order valence-corrected chi connectivity index (χ2v) is 6.45. The van der Waals surface area contributed by atoms with E-state index in [2.05, 4.69) is 30.9 Å². The minimum atomic E-state index is -0.789. The first-order chi connectivity index (χ1) is 10.5. The molecular weight excluding hydrogens is 276 g/mol. The normalized spacial score (nSPS) is 15.7. The molecule has 1 fully saturated rings. The third-order valence-corrected chi connectivity index (χ3v) is 4.59. The van der Waals surface area contributed by atoms with E-state index in [4.69, 9.17) is 5.11 Å². The van der Waals surface area contributed by atoms with Crippen LogP contribution < -0.4 is 0 Å². The highest BCUT2D eigenvalue weighted by Gasteiger charge is 2.16. The molecule has 1 aromatic carbocycles. The molecule has 0 aliphatic carbocycles. The quantitative estimate of drug-likeness (QED) is 0.923. The molecule has 1 aliphatic heterocycles. The SMILES string of the molecule is Cc1cc(C)c2c(c1)c(CCN1CCCC1)cn2CC(=O)O. The van der Waals surface area contributed by atoms with Gasteiger partial charge in [-0.1, -0.05) is 11.6 Å². The van der Waals surface area contributed by atoms with Crippen LogP contribution in [0.3, 0.4) is 0 Å². The van der Waals surface area contributed by atoms with Gasteiger partial charge in [-0.15, -0.1) is 0 Å². The molecule has 0 radical (unpaired) electrons. The van der Waals surface area contributed by atoms with Gasteiger partial charge in [0.25, 0.3) is 0 Å². The summed E-state index contributed by atoms with van der Waals surface area (Å²) in [5.41, 5.74) is 4.74. The van der Waals surface area contributed by atoms with Gasteiger partial charge in [0.05, 0.1) is 5.52 Å². The van der Waals surface area contributed by atoms with E-state index >= 15 is 0 Å². The fourth-order valence-electron chi connectivity index (χ4n) is 3.66. The standard InChI is InChI=1S/C18H24N2O2/c1-13-9-14(2)18-16(10-13)15(11-20(18)12-17(21)22)5-8-19-6-3-4-7-19/h9-11H,3-8,12H2,1-2H3,(H,21,22). The zero-order valence-corrected chi connectivity index (χ0v) is 13.4. The maximum atomic E-state index is 11.1. The van der Waals surface area contributed by atoms with Crippen molar-refractivity contribution in [1.82, 2.24) is 9.47 Å². The lowest BCUT2D eigenvalue weighted by Crippen LogP contribution is -2.21. The molecule has 0 spiro atoms. The Balaban J connectivity index is 1.95. The Kier molecular flexibility index (Phi) is 4.21. The fourth-order valence-corrected chi connectivity index (χ4v) is 3.66. The average Bonchev–Trinajstić information content (AvgIpc) is 3.04. The molecule has 0 atom stereocenters. The summed E-state index contributed by atoms with van der Waals surface area (Å²) in [6, 6.07) is 4.32. The molecule has 1 aromatic heterocycles. The maximum Gasteiger partial charge on any atom is 0.323 e. The van der Waals surface area contributed by atoms with Crippen LogP contribution in [0.1, 0.15) is 29.5 Å². The van der Waals surface area contributed by atoms with Crippen molar-refractivity contribution in [2.45, 2.75) is 39.7 Å². The summed E-state index contributed by atoms with van der Waals surface area (Å²) < 4.78 is 1.89. The maximum absolute atomic E-state index is 11.1. The molecule has 3 rings (SSSR count). The number of likely N-dealkylation sites (tertiary alicyclic amines) is 1. The van der Waals surface area contributed by atoms with Crippen LogP contribution in [0.2, 0.25) is 0 Å². The van der Waals surface area contributed by atoms with Gasteiger partial charge < -0.3 is 14.6 Å². The van der Waals surface area contributed by atoms with Crippen LogP contribution >= 0.6 is 0 Å². The topological polar surface area (TPSA) is 45.5 Å². The average molecular weight is 300 g/mol. The van der Waals surface area contributed by atoms with Gasteiger partial charge in [-0.05, 0) is 63.4 Å². The van der Waals surface area contributed by atoms with Crippen molar-refractivity contribution in [3.63, 3.8) is 0 Å². The molecular formula is C18H24N2O2. The third kappa shape index (κ3) is 3.02. The lowest BCUT2D eigenvalue weighted by atomic mass is 10.0. The Morgan fingerprint density at radius 3 is 2.64 bits per heavy atom. The zero-order valence-electron chi connectivity index (χ0n) is 13.4. The van der Waals surface area contributed by atoms with Crippen LogP contribution in [0.4, 0.5) is 0 Å². The number of rotatable bonds is 5. The fraction of sp³-hybridized carbons (Fsp3) is 0.500. The van der Waals surface area contributed by atoms with E-state index in [0.717, 1.165) is 24.0 Å². The Morgan fingerprint density at radius 2 is 1.95 bits per heavy atom. The number of carboxylic acids is 1. The van der Waals surface area contributed by atoms with Gasteiger partial charge in [-0.25, -0.2) is 0 Å². The van der Waals surface area contributed by atoms with Crippen molar-refractivity contribution >= 4 is 16.9 Å². The van der Waals surface area contributed by atoms with E-state index < -0.39 is 5.97 Å². The van der Waals surface area contributed by atoms with Crippen LogP contribution in [-0.4, -0.2) is 40.2 Å². The number of carbonyl (C=O) groups is 1. The molecule has 1 aliphatic rings. The van der Waals surface area contributed by atoms with Crippen molar-refractivity contribution in [1.29, 1.82) is 0 Å². The summed E-state index contributed by atoms with van der Waals surface area (Å²) in [7, 11) is 0. The van der Waals surface area contributed by atoms with Crippen molar-refractivity contribution in [2.75, 3.05) is 19.6 Å². The first kappa shape index (κ1) is 15.1. The summed E-state index contributed by atoms with van der Waals surface area (Å²) in [6.07, 6.45) is 5.64. The van der Waals surface area contributed by atoms with Gasteiger partial charge >= 0.3 is 5.97 Å². The molecule has 4 heteroatoms. The first-order valence-corrected chi connectivity index (χ1v) is 8.07. The summed E-state index contributed by atoms with van der Waals surface area (Å²) in [6.45, 7) is 7.67. The molecule has 2 aromatic rings. The first-order valence-electron chi connectivity index (χ1n) is 8.07. The number of hydrogen-bond acceptors (Lipinski definition) is 2. The Morgan fingerprint density at radius 1 is 1.23 bits per heavy atom. The van der Waals surface area contributed by atoms with Gasteiger partial charge in [-0.3, -0.25) is 4.79 Å². The molecule has 0 unspecified atom stereocenters. The summed E-state index contributed by atoms with van der Waals surface area (Å²) in [5.74, 6) is -0.789. The number of aliphatic carboxylic acids is 1. The number of aryl methyl sites for hydroxylation is 2. The summed E-state index contributed by atoms with van der Waals surface area (Å²) in [5, 5.41) is 10.4.